The van der Waals surface area contributed by atoms with Crippen LogP contribution in [0.3, 0.4) is 0 Å². The van der Waals surface area contributed by atoms with Gasteiger partial charge in [0.05, 0.1) is 24.6 Å². The molecular weight excluding hydrogens is 338 g/mol. The maximum Gasteiger partial charge on any atom is 0.229 e. The standard InChI is InChI=1S/C21H23N5O/c1-16-6-2-3-7-17(16)24-21-22-11-10-20(25-21)23-18-8-4-5-9-19(18)26-12-14-27-15-13-26/h2-11H,12-15H2,1H3,(H2,22,23,24,25). The lowest BCUT2D eigenvalue weighted by atomic mass is 10.2. The fourth-order valence-corrected chi connectivity index (χ4v) is 3.12. The largest absolute Gasteiger partial charge is 0.378 e. The zero-order chi connectivity index (χ0) is 18.5. The van der Waals surface area contributed by atoms with Crippen LogP contribution in [0.2, 0.25) is 0 Å². The van der Waals surface area contributed by atoms with Gasteiger partial charge in [-0.3, -0.25) is 0 Å². The number of rotatable bonds is 5. The van der Waals surface area contributed by atoms with Crippen molar-refractivity contribution in [2.24, 2.45) is 0 Å². The smallest absolute Gasteiger partial charge is 0.229 e. The van der Waals surface area contributed by atoms with Crippen LogP contribution in [0.4, 0.5) is 28.8 Å². The van der Waals surface area contributed by atoms with Crippen molar-refractivity contribution in [1.82, 2.24) is 9.97 Å². The summed E-state index contributed by atoms with van der Waals surface area (Å²) in [4.78, 5) is 11.3. The number of aromatic nitrogens is 2. The molecule has 1 aliphatic rings. The number of nitrogens with zero attached hydrogens (tertiary/aromatic N) is 3. The van der Waals surface area contributed by atoms with Crippen LogP contribution in [0.5, 0.6) is 0 Å². The minimum atomic E-state index is 0.568. The first-order valence-electron chi connectivity index (χ1n) is 9.14. The monoisotopic (exact) mass is 361 g/mol. The fraction of sp³-hybridized carbons (Fsp3) is 0.238. The van der Waals surface area contributed by atoms with Gasteiger partial charge in [0, 0.05) is 25.0 Å². The lowest BCUT2D eigenvalue weighted by Crippen LogP contribution is -2.36. The van der Waals surface area contributed by atoms with E-state index in [1.165, 1.54) is 0 Å². The molecule has 138 valence electrons. The van der Waals surface area contributed by atoms with E-state index in [1.54, 1.807) is 6.20 Å². The van der Waals surface area contributed by atoms with Crippen LogP contribution in [0, 0.1) is 6.92 Å². The van der Waals surface area contributed by atoms with Crippen LogP contribution >= 0.6 is 0 Å². The Morgan fingerprint density at radius 2 is 1.63 bits per heavy atom. The zero-order valence-electron chi connectivity index (χ0n) is 15.4. The fourth-order valence-electron chi connectivity index (χ4n) is 3.12. The number of hydrogen-bond acceptors (Lipinski definition) is 6. The highest BCUT2D eigenvalue weighted by atomic mass is 16.5. The van der Waals surface area contributed by atoms with Gasteiger partial charge in [0.15, 0.2) is 0 Å². The molecule has 27 heavy (non-hydrogen) atoms. The van der Waals surface area contributed by atoms with E-state index >= 15 is 0 Å². The van der Waals surface area contributed by atoms with E-state index in [0.29, 0.717) is 5.95 Å². The average Bonchev–Trinajstić information content (AvgIpc) is 2.71. The molecular formula is C21H23N5O. The summed E-state index contributed by atoms with van der Waals surface area (Å²) in [6.45, 7) is 5.35. The Morgan fingerprint density at radius 1 is 0.889 bits per heavy atom. The van der Waals surface area contributed by atoms with Crippen molar-refractivity contribution >= 4 is 28.8 Å². The highest BCUT2D eigenvalue weighted by Gasteiger charge is 2.14. The summed E-state index contributed by atoms with van der Waals surface area (Å²) in [6, 6.07) is 18.2. The van der Waals surface area contributed by atoms with Crippen LogP contribution in [-0.2, 0) is 4.74 Å². The molecule has 0 amide bonds. The third kappa shape index (κ3) is 4.17. The van der Waals surface area contributed by atoms with Gasteiger partial charge in [-0.05, 0) is 36.8 Å². The first kappa shape index (κ1) is 17.3. The molecule has 6 nitrogen and oxygen atoms in total. The Hall–Kier alpha value is -3.12. The molecule has 6 heteroatoms. The van der Waals surface area contributed by atoms with Crippen LogP contribution < -0.4 is 15.5 Å². The van der Waals surface area contributed by atoms with Crippen molar-refractivity contribution in [2.75, 3.05) is 41.8 Å². The van der Waals surface area contributed by atoms with Crippen LogP contribution in [0.1, 0.15) is 5.56 Å². The lowest BCUT2D eigenvalue weighted by Gasteiger charge is -2.30. The summed E-state index contributed by atoms with van der Waals surface area (Å²) in [7, 11) is 0. The summed E-state index contributed by atoms with van der Waals surface area (Å²) in [5.74, 6) is 1.32. The Bertz CT molecular complexity index is 908. The quantitative estimate of drug-likeness (QED) is 0.713. The molecule has 2 heterocycles. The van der Waals surface area contributed by atoms with Crippen molar-refractivity contribution in [2.45, 2.75) is 6.92 Å². The molecule has 1 aromatic heterocycles. The van der Waals surface area contributed by atoms with Gasteiger partial charge in [0.2, 0.25) is 5.95 Å². The molecule has 0 atom stereocenters. The Morgan fingerprint density at radius 3 is 2.44 bits per heavy atom. The second-order valence-corrected chi connectivity index (χ2v) is 6.45. The maximum absolute atomic E-state index is 5.47. The lowest BCUT2D eigenvalue weighted by molar-refractivity contribution is 0.123. The molecule has 0 bridgehead atoms. The first-order chi connectivity index (χ1) is 13.3. The Kier molecular flexibility index (Phi) is 5.16. The third-order valence-corrected chi connectivity index (χ3v) is 4.57. The van der Waals surface area contributed by atoms with Gasteiger partial charge in [0.1, 0.15) is 5.82 Å². The molecule has 4 rings (SSSR count). The highest BCUT2D eigenvalue weighted by molar-refractivity contribution is 5.74. The molecule has 1 fully saturated rings. The minimum Gasteiger partial charge on any atom is -0.378 e. The molecule has 0 aliphatic carbocycles. The van der Waals surface area contributed by atoms with Gasteiger partial charge in [-0.2, -0.15) is 4.98 Å². The van der Waals surface area contributed by atoms with Gasteiger partial charge >= 0.3 is 0 Å². The zero-order valence-corrected chi connectivity index (χ0v) is 15.4. The predicted molar refractivity (Wildman–Crippen MR) is 109 cm³/mol. The molecule has 1 saturated heterocycles. The topological polar surface area (TPSA) is 62.3 Å². The van der Waals surface area contributed by atoms with Gasteiger partial charge < -0.3 is 20.3 Å². The molecule has 3 aromatic rings. The van der Waals surface area contributed by atoms with E-state index in [4.69, 9.17) is 4.74 Å². The van der Waals surface area contributed by atoms with Crippen molar-refractivity contribution in [3.63, 3.8) is 0 Å². The highest BCUT2D eigenvalue weighted by Crippen LogP contribution is 2.29. The predicted octanol–water partition coefficient (Wildman–Crippen LogP) is 4.11. The summed E-state index contributed by atoms with van der Waals surface area (Å²) in [6.07, 6.45) is 1.76. The maximum atomic E-state index is 5.47. The van der Waals surface area contributed by atoms with E-state index in [-0.39, 0.29) is 0 Å². The molecule has 1 aliphatic heterocycles. The van der Waals surface area contributed by atoms with E-state index in [1.807, 2.05) is 30.3 Å². The number of aryl methyl sites for hydroxylation is 1. The number of anilines is 5. The first-order valence-corrected chi connectivity index (χ1v) is 9.14. The normalized spacial score (nSPS) is 14.0. The van der Waals surface area contributed by atoms with E-state index in [0.717, 1.165) is 54.7 Å². The molecule has 0 unspecified atom stereocenters. The summed E-state index contributed by atoms with van der Waals surface area (Å²) in [5, 5.41) is 6.72. The van der Waals surface area contributed by atoms with Gasteiger partial charge in [0.25, 0.3) is 0 Å². The number of nitrogens with one attached hydrogen (secondary N) is 2. The van der Waals surface area contributed by atoms with Crippen molar-refractivity contribution < 1.29 is 4.74 Å². The molecule has 2 N–H and O–H groups in total. The molecule has 0 saturated carbocycles. The van der Waals surface area contributed by atoms with Gasteiger partial charge in [-0.25, -0.2) is 4.98 Å². The second-order valence-electron chi connectivity index (χ2n) is 6.45. The molecule has 2 aromatic carbocycles. The number of morpholine rings is 1. The number of para-hydroxylation sites is 3. The van der Waals surface area contributed by atoms with Crippen LogP contribution in [-0.4, -0.2) is 36.3 Å². The molecule has 0 spiro atoms. The second kappa shape index (κ2) is 8.05. The van der Waals surface area contributed by atoms with Gasteiger partial charge in [-0.15, -0.1) is 0 Å². The molecule has 0 radical (unpaired) electrons. The summed E-state index contributed by atoms with van der Waals surface area (Å²) >= 11 is 0. The van der Waals surface area contributed by atoms with Crippen LogP contribution in [0.25, 0.3) is 0 Å². The minimum absolute atomic E-state index is 0.568. The number of ether oxygens (including phenoxy) is 1. The van der Waals surface area contributed by atoms with E-state index < -0.39 is 0 Å². The van der Waals surface area contributed by atoms with Crippen molar-refractivity contribution in [3.8, 4) is 0 Å². The van der Waals surface area contributed by atoms with Gasteiger partial charge in [-0.1, -0.05) is 30.3 Å². The van der Waals surface area contributed by atoms with Crippen molar-refractivity contribution in [1.29, 1.82) is 0 Å². The van der Waals surface area contributed by atoms with Crippen LogP contribution in [0.15, 0.2) is 60.8 Å². The Balaban J connectivity index is 1.54. The van der Waals surface area contributed by atoms with E-state index in [9.17, 15) is 0 Å². The van der Waals surface area contributed by atoms with E-state index in [2.05, 4.69) is 56.7 Å². The number of hydrogen-bond donors (Lipinski definition) is 2. The summed E-state index contributed by atoms with van der Waals surface area (Å²) in [5.41, 5.74) is 4.34. The Labute approximate surface area is 159 Å². The van der Waals surface area contributed by atoms with Crippen molar-refractivity contribution in [3.05, 3.63) is 66.4 Å². The number of benzene rings is 2. The summed E-state index contributed by atoms with van der Waals surface area (Å²) < 4.78 is 5.47. The SMILES string of the molecule is Cc1ccccc1Nc1nccc(Nc2ccccc2N2CCOCC2)n1. The average molecular weight is 361 g/mol. The third-order valence-electron chi connectivity index (χ3n) is 4.57.